The Morgan fingerprint density at radius 1 is 1.30 bits per heavy atom. The van der Waals surface area contributed by atoms with Crippen LogP contribution in [0.2, 0.25) is 0 Å². The van der Waals surface area contributed by atoms with E-state index in [1.165, 1.54) is 17.7 Å². The summed E-state index contributed by atoms with van der Waals surface area (Å²) >= 11 is 1.41. The lowest BCUT2D eigenvalue weighted by Gasteiger charge is -2.27. The lowest BCUT2D eigenvalue weighted by molar-refractivity contribution is -0.133. The zero-order valence-corrected chi connectivity index (χ0v) is 13.6. The summed E-state index contributed by atoms with van der Waals surface area (Å²) < 4.78 is 4.83. The van der Waals surface area contributed by atoms with Crippen molar-refractivity contribution in [2.24, 2.45) is 0 Å². The number of aromatic nitrogens is 2. The van der Waals surface area contributed by atoms with Crippen molar-refractivity contribution in [2.75, 3.05) is 6.54 Å². The number of rotatable bonds is 5. The van der Waals surface area contributed by atoms with E-state index in [0.717, 1.165) is 25.7 Å². The van der Waals surface area contributed by atoms with Crippen LogP contribution < -0.4 is 0 Å². The number of nitrogens with zero attached hydrogens (tertiary/aromatic N) is 3. The van der Waals surface area contributed by atoms with Gasteiger partial charge in [0.15, 0.2) is 11.6 Å². The van der Waals surface area contributed by atoms with Gasteiger partial charge in [-0.05, 0) is 24.3 Å². The average molecular weight is 333 g/mol. The van der Waals surface area contributed by atoms with Gasteiger partial charge in [0.1, 0.15) is 0 Å². The van der Waals surface area contributed by atoms with Crippen molar-refractivity contribution < 1.29 is 14.1 Å². The minimum absolute atomic E-state index is 0.00777. The largest absolute Gasteiger partial charge is 0.343 e. The standard InChI is InChI=1S/C16H19N3O3S/c20-13(14-6-4-10-23-14)7-8-15(21)19-9-3-1-2-5-12(19)16-17-11-22-18-16/h4,6,10-12H,1-3,5,7-9H2/t12-/m1/s1. The lowest BCUT2D eigenvalue weighted by Crippen LogP contribution is -2.35. The second kappa shape index (κ2) is 7.50. The highest BCUT2D eigenvalue weighted by Crippen LogP contribution is 2.29. The SMILES string of the molecule is O=C(CCC(=O)N1CCCCC[C@@H]1c1ncon1)c1cccs1. The maximum atomic E-state index is 12.6. The predicted molar refractivity (Wildman–Crippen MR) is 85.1 cm³/mol. The minimum atomic E-state index is -0.138. The molecule has 0 radical (unpaired) electrons. The van der Waals surface area contributed by atoms with Crippen molar-refractivity contribution in [1.29, 1.82) is 0 Å². The molecule has 0 N–H and O–H groups in total. The summed E-state index contributed by atoms with van der Waals surface area (Å²) in [6, 6.07) is 3.51. The van der Waals surface area contributed by atoms with Crippen LogP contribution in [-0.2, 0) is 4.79 Å². The first kappa shape index (κ1) is 15.9. The van der Waals surface area contributed by atoms with E-state index in [4.69, 9.17) is 4.52 Å². The molecule has 1 aliphatic heterocycles. The fraction of sp³-hybridized carbons (Fsp3) is 0.500. The number of hydrogen-bond acceptors (Lipinski definition) is 6. The topological polar surface area (TPSA) is 76.3 Å². The van der Waals surface area contributed by atoms with Crippen molar-refractivity contribution in [2.45, 2.75) is 44.6 Å². The van der Waals surface area contributed by atoms with E-state index in [2.05, 4.69) is 10.1 Å². The molecule has 0 aromatic carbocycles. The first-order valence-electron chi connectivity index (χ1n) is 7.88. The van der Waals surface area contributed by atoms with Crippen LogP contribution in [0.3, 0.4) is 0 Å². The van der Waals surface area contributed by atoms with Crippen LogP contribution in [0, 0.1) is 0 Å². The Morgan fingerprint density at radius 3 is 2.96 bits per heavy atom. The molecule has 7 heteroatoms. The van der Waals surface area contributed by atoms with Gasteiger partial charge in [-0.15, -0.1) is 11.3 Å². The fourth-order valence-corrected chi connectivity index (χ4v) is 3.62. The summed E-state index contributed by atoms with van der Waals surface area (Å²) in [4.78, 5) is 31.3. The van der Waals surface area contributed by atoms with E-state index in [9.17, 15) is 9.59 Å². The molecule has 0 spiro atoms. The fourth-order valence-electron chi connectivity index (χ4n) is 2.93. The highest BCUT2D eigenvalue weighted by atomic mass is 32.1. The maximum absolute atomic E-state index is 12.6. The number of likely N-dealkylation sites (tertiary alicyclic amines) is 1. The normalized spacial score (nSPS) is 18.6. The van der Waals surface area contributed by atoms with Gasteiger partial charge in [-0.25, -0.2) is 0 Å². The van der Waals surface area contributed by atoms with Crippen molar-refractivity contribution in [1.82, 2.24) is 15.0 Å². The van der Waals surface area contributed by atoms with Crippen LogP contribution in [0.4, 0.5) is 0 Å². The molecular formula is C16H19N3O3S. The summed E-state index contributed by atoms with van der Waals surface area (Å²) in [6.45, 7) is 0.686. The van der Waals surface area contributed by atoms with Crippen LogP contribution in [0.15, 0.2) is 28.4 Å². The van der Waals surface area contributed by atoms with Gasteiger partial charge in [0.25, 0.3) is 0 Å². The highest BCUT2D eigenvalue weighted by molar-refractivity contribution is 7.12. The van der Waals surface area contributed by atoms with Crippen LogP contribution >= 0.6 is 11.3 Å². The van der Waals surface area contributed by atoms with Crippen LogP contribution in [0.1, 0.15) is 60.1 Å². The average Bonchev–Trinajstić information content (AvgIpc) is 3.22. The van der Waals surface area contributed by atoms with Gasteiger partial charge < -0.3 is 9.42 Å². The molecule has 122 valence electrons. The first-order valence-corrected chi connectivity index (χ1v) is 8.76. The molecule has 1 saturated heterocycles. The van der Waals surface area contributed by atoms with Gasteiger partial charge in [0.05, 0.1) is 10.9 Å². The van der Waals surface area contributed by atoms with E-state index >= 15 is 0 Å². The van der Waals surface area contributed by atoms with Crippen molar-refractivity contribution >= 4 is 23.0 Å². The van der Waals surface area contributed by atoms with E-state index in [1.807, 2.05) is 16.3 Å². The van der Waals surface area contributed by atoms with Crippen LogP contribution in [0.5, 0.6) is 0 Å². The summed E-state index contributed by atoms with van der Waals surface area (Å²) in [5, 5.41) is 5.78. The Morgan fingerprint density at radius 2 is 2.22 bits per heavy atom. The van der Waals surface area contributed by atoms with Gasteiger partial charge >= 0.3 is 0 Å². The summed E-state index contributed by atoms with van der Waals surface area (Å²) in [6.07, 6.45) is 5.70. The lowest BCUT2D eigenvalue weighted by atomic mass is 10.1. The molecule has 0 saturated carbocycles. The van der Waals surface area contributed by atoms with E-state index in [0.29, 0.717) is 17.2 Å². The highest BCUT2D eigenvalue weighted by Gasteiger charge is 2.29. The number of carbonyl (C=O) groups excluding carboxylic acids is 2. The Labute approximate surface area is 138 Å². The zero-order chi connectivity index (χ0) is 16.1. The first-order chi connectivity index (χ1) is 11.3. The van der Waals surface area contributed by atoms with Crippen molar-refractivity contribution in [3.8, 4) is 0 Å². The monoisotopic (exact) mass is 333 g/mol. The number of carbonyl (C=O) groups is 2. The third-order valence-corrected chi connectivity index (χ3v) is 5.02. The van der Waals surface area contributed by atoms with Crippen LogP contribution in [-0.4, -0.2) is 33.3 Å². The quantitative estimate of drug-likeness (QED) is 0.785. The van der Waals surface area contributed by atoms with Gasteiger partial charge in [-0.2, -0.15) is 4.98 Å². The maximum Gasteiger partial charge on any atom is 0.223 e. The Bertz CT molecular complexity index is 640. The third kappa shape index (κ3) is 3.85. The van der Waals surface area contributed by atoms with Gasteiger partial charge in [0, 0.05) is 19.4 Å². The van der Waals surface area contributed by atoms with Crippen molar-refractivity contribution in [3.05, 3.63) is 34.6 Å². The molecule has 3 rings (SSSR count). The van der Waals surface area contributed by atoms with Gasteiger partial charge in [-0.1, -0.05) is 24.1 Å². The molecule has 6 nitrogen and oxygen atoms in total. The molecule has 0 aliphatic carbocycles. The molecule has 23 heavy (non-hydrogen) atoms. The van der Waals surface area contributed by atoms with E-state index in [1.54, 1.807) is 6.07 Å². The van der Waals surface area contributed by atoms with Gasteiger partial charge in [-0.3, -0.25) is 9.59 Å². The third-order valence-electron chi connectivity index (χ3n) is 4.11. The van der Waals surface area contributed by atoms with E-state index in [-0.39, 0.29) is 30.6 Å². The van der Waals surface area contributed by atoms with Crippen LogP contribution in [0.25, 0.3) is 0 Å². The molecule has 0 bridgehead atoms. The smallest absolute Gasteiger partial charge is 0.223 e. The molecule has 2 aromatic rings. The molecule has 1 atom stereocenters. The summed E-state index contributed by atoms with van der Waals surface area (Å²) in [5.41, 5.74) is 0. The minimum Gasteiger partial charge on any atom is -0.343 e. The number of Topliss-reactive ketones (excluding diaryl/α,β-unsaturated/α-hetero) is 1. The Hall–Kier alpha value is -2.02. The van der Waals surface area contributed by atoms with Crippen molar-refractivity contribution in [3.63, 3.8) is 0 Å². The molecular weight excluding hydrogens is 314 g/mol. The Kier molecular flexibility index (Phi) is 5.17. The zero-order valence-electron chi connectivity index (χ0n) is 12.8. The second-order valence-corrected chi connectivity index (χ2v) is 6.59. The van der Waals surface area contributed by atoms with Gasteiger partial charge in [0.2, 0.25) is 12.3 Å². The van der Waals surface area contributed by atoms with E-state index < -0.39 is 0 Å². The number of amides is 1. The molecule has 2 aromatic heterocycles. The molecule has 1 aliphatic rings. The molecule has 1 fully saturated rings. The molecule has 0 unspecified atom stereocenters. The molecule has 1 amide bonds. The molecule has 3 heterocycles. The predicted octanol–water partition coefficient (Wildman–Crippen LogP) is 3.24. The number of thiophene rings is 1. The Balaban J connectivity index is 1.64. The summed E-state index contributed by atoms with van der Waals surface area (Å²) in [5.74, 6) is 0.579. The second-order valence-electron chi connectivity index (χ2n) is 5.64. The summed E-state index contributed by atoms with van der Waals surface area (Å²) in [7, 11) is 0. The number of hydrogen-bond donors (Lipinski definition) is 0. The number of ketones is 1.